The van der Waals surface area contributed by atoms with Crippen molar-refractivity contribution in [2.45, 2.75) is 38.6 Å². The van der Waals surface area contributed by atoms with Gasteiger partial charge in [0.2, 0.25) is 11.9 Å². The number of carbonyl (C=O) groups excluding carboxylic acids is 3. The monoisotopic (exact) mass is 556 g/mol. The van der Waals surface area contributed by atoms with Gasteiger partial charge in [-0.05, 0) is 42.5 Å². The Hall–Kier alpha value is -4.72. The number of fused-ring (bicyclic) bond motifs is 1. The second kappa shape index (κ2) is 14.4. The highest BCUT2D eigenvalue weighted by atomic mass is 16.6. The zero-order valence-corrected chi connectivity index (χ0v) is 22.0. The Labute approximate surface area is 228 Å². The van der Waals surface area contributed by atoms with E-state index in [1.54, 1.807) is 30.5 Å². The predicted molar refractivity (Wildman–Crippen MR) is 144 cm³/mol. The molecule has 14 nitrogen and oxygen atoms in total. The number of carbonyl (C=O) groups is 4. The number of aryl methyl sites for hydroxylation is 2. The number of H-pyrrole nitrogens is 2. The highest BCUT2D eigenvalue weighted by Gasteiger charge is 2.22. The molecular formula is C26H32N6O8. The van der Waals surface area contributed by atoms with Crippen LogP contribution in [0.2, 0.25) is 0 Å². The molecule has 2 heterocycles. The van der Waals surface area contributed by atoms with E-state index in [1.165, 1.54) is 6.92 Å². The molecule has 0 saturated carbocycles. The van der Waals surface area contributed by atoms with Crippen molar-refractivity contribution in [2.24, 2.45) is 0 Å². The maximum Gasteiger partial charge on any atom is 0.326 e. The van der Waals surface area contributed by atoms with Crippen LogP contribution in [0.15, 0.2) is 35.3 Å². The molecule has 40 heavy (non-hydrogen) atoms. The van der Waals surface area contributed by atoms with Gasteiger partial charge in [-0.25, -0.2) is 4.79 Å². The summed E-state index contributed by atoms with van der Waals surface area (Å²) in [5.41, 5.74) is 7.60. The lowest BCUT2D eigenvalue weighted by molar-refractivity contribution is -0.146. The van der Waals surface area contributed by atoms with E-state index in [0.717, 1.165) is 11.1 Å². The number of nitrogens with one attached hydrogen (secondary N) is 4. The van der Waals surface area contributed by atoms with Crippen molar-refractivity contribution in [1.82, 2.24) is 25.6 Å². The smallest absolute Gasteiger partial charge is 0.326 e. The van der Waals surface area contributed by atoms with Crippen LogP contribution >= 0.6 is 0 Å². The van der Waals surface area contributed by atoms with Crippen molar-refractivity contribution in [3.8, 4) is 0 Å². The minimum atomic E-state index is -1.28. The van der Waals surface area contributed by atoms with Gasteiger partial charge in [0.15, 0.2) is 0 Å². The number of hydrogen-bond donors (Lipinski definition) is 6. The number of carboxylic acid groups (broad SMARTS) is 1. The summed E-state index contributed by atoms with van der Waals surface area (Å²) < 4.78 is 10.2. The highest BCUT2D eigenvalue weighted by Crippen LogP contribution is 2.16. The predicted octanol–water partition coefficient (Wildman–Crippen LogP) is 0.278. The van der Waals surface area contributed by atoms with E-state index in [2.05, 4.69) is 25.6 Å². The molecular weight excluding hydrogens is 524 g/mol. The molecule has 0 fully saturated rings. The first-order valence-corrected chi connectivity index (χ1v) is 12.6. The molecule has 0 aliphatic rings. The van der Waals surface area contributed by atoms with Gasteiger partial charge in [-0.2, -0.15) is 4.98 Å². The number of esters is 1. The molecule has 2 amide bonds. The van der Waals surface area contributed by atoms with Gasteiger partial charge in [-0.3, -0.25) is 24.2 Å². The quantitative estimate of drug-likeness (QED) is 0.111. The number of ether oxygens (including phenoxy) is 2. The van der Waals surface area contributed by atoms with Crippen LogP contribution in [0.1, 0.15) is 41.3 Å². The summed E-state index contributed by atoms with van der Waals surface area (Å²) >= 11 is 0. The Kier molecular flexibility index (Phi) is 10.8. The molecule has 1 unspecified atom stereocenters. The number of aliphatic carboxylic acids is 1. The van der Waals surface area contributed by atoms with Crippen LogP contribution in [0.5, 0.6) is 0 Å². The number of carboxylic acids is 1. The highest BCUT2D eigenvalue weighted by molar-refractivity contribution is 5.96. The fraction of sp³-hybridized carbons (Fsp3) is 0.385. The van der Waals surface area contributed by atoms with E-state index in [0.29, 0.717) is 30.4 Å². The van der Waals surface area contributed by atoms with Crippen LogP contribution < -0.4 is 21.9 Å². The first kappa shape index (κ1) is 29.8. The Balaban J connectivity index is 1.43. The van der Waals surface area contributed by atoms with Crippen LogP contribution in [0.3, 0.4) is 0 Å². The standard InChI is InChI=1S/C26H32N6O8/c1-15(33)28-10-11-39-12-13-40-20(34)9-8-19(25(37)38)30-23(35)17-5-2-16(3-6-17)4-7-18-14-29-22-21(18)24(36)32-26(27)31-22/h2-3,5-6,14,19H,4,7-13H2,1H3,(H,28,33)(H,30,35)(H,37,38)(H4,27,29,31,32,36). The lowest BCUT2D eigenvalue weighted by atomic mass is 10.0. The lowest BCUT2D eigenvalue weighted by Crippen LogP contribution is -2.41. The van der Waals surface area contributed by atoms with E-state index < -0.39 is 23.9 Å². The number of rotatable bonds is 15. The topological polar surface area (TPSA) is 219 Å². The molecule has 14 heteroatoms. The van der Waals surface area contributed by atoms with Gasteiger partial charge in [0.1, 0.15) is 18.3 Å². The third-order valence-electron chi connectivity index (χ3n) is 5.89. The molecule has 2 aromatic heterocycles. The summed E-state index contributed by atoms with van der Waals surface area (Å²) in [5.74, 6) is -2.63. The number of amides is 2. The van der Waals surface area contributed by atoms with Crippen molar-refractivity contribution in [3.63, 3.8) is 0 Å². The summed E-state index contributed by atoms with van der Waals surface area (Å²) in [7, 11) is 0. The first-order valence-electron chi connectivity index (χ1n) is 12.6. The second-order valence-corrected chi connectivity index (χ2v) is 8.90. The van der Waals surface area contributed by atoms with Gasteiger partial charge in [-0.1, -0.05) is 12.1 Å². The van der Waals surface area contributed by atoms with Gasteiger partial charge in [0.05, 0.1) is 18.6 Å². The van der Waals surface area contributed by atoms with Crippen LogP contribution in [-0.4, -0.2) is 76.2 Å². The molecule has 0 spiro atoms. The van der Waals surface area contributed by atoms with Crippen LogP contribution in [0.25, 0.3) is 11.0 Å². The molecule has 0 aliphatic carbocycles. The number of aromatic nitrogens is 3. The molecule has 0 aliphatic heterocycles. The third kappa shape index (κ3) is 8.94. The molecule has 1 aromatic carbocycles. The summed E-state index contributed by atoms with van der Waals surface area (Å²) in [6, 6.07) is 5.36. The Bertz CT molecular complexity index is 1400. The van der Waals surface area contributed by atoms with E-state index in [4.69, 9.17) is 15.2 Å². The Morgan fingerprint density at radius 3 is 2.55 bits per heavy atom. The second-order valence-electron chi connectivity index (χ2n) is 8.90. The molecule has 3 aromatic rings. The SMILES string of the molecule is CC(=O)NCCOCCOC(=O)CCC(NC(=O)c1ccc(CCc2c[nH]c3nc(N)[nH]c(=O)c23)cc1)C(=O)O. The number of nitrogen functional groups attached to an aromatic ring is 1. The van der Waals surface area contributed by atoms with Crippen molar-refractivity contribution >= 4 is 40.7 Å². The van der Waals surface area contributed by atoms with Crippen molar-refractivity contribution < 1.29 is 33.8 Å². The van der Waals surface area contributed by atoms with Gasteiger partial charge >= 0.3 is 11.9 Å². The van der Waals surface area contributed by atoms with E-state index in [-0.39, 0.29) is 55.6 Å². The zero-order chi connectivity index (χ0) is 29.1. The maximum absolute atomic E-state index is 12.6. The molecule has 3 rings (SSSR count). The molecule has 214 valence electrons. The summed E-state index contributed by atoms with van der Waals surface area (Å²) in [6.07, 6.45) is 2.48. The molecule has 0 saturated heterocycles. The van der Waals surface area contributed by atoms with Gasteiger partial charge < -0.3 is 35.9 Å². The summed E-state index contributed by atoms with van der Waals surface area (Å²) in [6.45, 7) is 2.11. The average Bonchev–Trinajstić information content (AvgIpc) is 3.32. The first-order chi connectivity index (χ1) is 19.1. The van der Waals surface area contributed by atoms with Gasteiger partial charge in [0, 0.05) is 31.6 Å². The fourth-order valence-corrected chi connectivity index (χ4v) is 3.87. The Morgan fingerprint density at radius 2 is 1.85 bits per heavy atom. The number of hydrogen-bond acceptors (Lipinski definition) is 9. The molecule has 0 bridgehead atoms. The molecule has 0 radical (unpaired) electrons. The van der Waals surface area contributed by atoms with Crippen molar-refractivity contribution in [1.29, 1.82) is 0 Å². The maximum atomic E-state index is 12.6. The largest absolute Gasteiger partial charge is 0.480 e. The normalized spacial score (nSPS) is 11.6. The van der Waals surface area contributed by atoms with E-state index >= 15 is 0 Å². The number of nitrogens with zero attached hydrogens (tertiary/aromatic N) is 1. The van der Waals surface area contributed by atoms with Crippen molar-refractivity contribution in [3.05, 3.63) is 57.5 Å². The van der Waals surface area contributed by atoms with Crippen molar-refractivity contribution in [2.75, 3.05) is 32.1 Å². The minimum Gasteiger partial charge on any atom is -0.480 e. The molecule has 1 atom stereocenters. The average molecular weight is 557 g/mol. The number of benzene rings is 1. The van der Waals surface area contributed by atoms with Crippen LogP contribution in [-0.2, 0) is 36.7 Å². The lowest BCUT2D eigenvalue weighted by Gasteiger charge is -2.14. The number of nitrogens with two attached hydrogens (primary N) is 1. The van der Waals surface area contributed by atoms with Crippen LogP contribution in [0.4, 0.5) is 5.95 Å². The van der Waals surface area contributed by atoms with Crippen LogP contribution in [0, 0.1) is 0 Å². The van der Waals surface area contributed by atoms with E-state index in [9.17, 15) is 29.1 Å². The Morgan fingerprint density at radius 1 is 1.10 bits per heavy atom. The van der Waals surface area contributed by atoms with E-state index in [1.807, 2.05) is 0 Å². The fourth-order valence-electron chi connectivity index (χ4n) is 3.87. The third-order valence-corrected chi connectivity index (χ3v) is 5.89. The number of aromatic amines is 2. The van der Waals surface area contributed by atoms with Gasteiger partial charge in [-0.15, -0.1) is 0 Å². The number of anilines is 1. The zero-order valence-electron chi connectivity index (χ0n) is 22.0. The summed E-state index contributed by atoms with van der Waals surface area (Å²) in [5, 5.41) is 14.9. The molecule has 7 N–H and O–H groups in total. The minimum absolute atomic E-state index is 0.0162. The summed E-state index contributed by atoms with van der Waals surface area (Å²) in [4.78, 5) is 68.6. The van der Waals surface area contributed by atoms with Gasteiger partial charge in [0.25, 0.3) is 11.5 Å².